The summed E-state index contributed by atoms with van der Waals surface area (Å²) in [7, 11) is 0. The van der Waals surface area contributed by atoms with Crippen molar-refractivity contribution in [2.75, 3.05) is 19.6 Å². The third-order valence-corrected chi connectivity index (χ3v) is 3.52. The van der Waals surface area contributed by atoms with E-state index in [1.54, 1.807) is 13.0 Å². The summed E-state index contributed by atoms with van der Waals surface area (Å²) in [5.41, 5.74) is 5.60. The third kappa shape index (κ3) is 4.16. The second-order valence-electron chi connectivity index (χ2n) is 5.40. The standard InChI is InChI=1S/C14H20N4O3/c1-9-4-5-11(13(20)16-9)14(21)17-10-3-2-6-18(7-10)8-12(15)19/h4-5,10H,2-3,6-8H2,1H3,(H2,15,19)(H,16,20)(H,17,21)/t10-/m0/s1. The van der Waals surface area contributed by atoms with Crippen molar-refractivity contribution in [3.05, 3.63) is 33.7 Å². The number of hydrogen-bond acceptors (Lipinski definition) is 4. The molecule has 0 aromatic carbocycles. The minimum absolute atomic E-state index is 0.0775. The SMILES string of the molecule is Cc1ccc(C(=O)N[C@H]2CCCN(CC(N)=O)C2)c(=O)[nH]1. The van der Waals surface area contributed by atoms with Crippen molar-refractivity contribution in [2.24, 2.45) is 5.73 Å². The molecule has 0 aliphatic carbocycles. The molecule has 7 heteroatoms. The van der Waals surface area contributed by atoms with Gasteiger partial charge in [-0.1, -0.05) is 0 Å². The minimum Gasteiger partial charge on any atom is -0.369 e. The second-order valence-corrected chi connectivity index (χ2v) is 5.40. The summed E-state index contributed by atoms with van der Waals surface area (Å²) in [5, 5.41) is 2.85. The lowest BCUT2D eigenvalue weighted by Crippen LogP contribution is -2.50. The zero-order valence-electron chi connectivity index (χ0n) is 12.0. The van der Waals surface area contributed by atoms with E-state index in [-0.39, 0.29) is 30.0 Å². The van der Waals surface area contributed by atoms with Gasteiger partial charge in [0.05, 0.1) is 6.54 Å². The molecular weight excluding hydrogens is 272 g/mol. The molecule has 21 heavy (non-hydrogen) atoms. The quantitative estimate of drug-likeness (QED) is 0.686. The van der Waals surface area contributed by atoms with Crippen molar-refractivity contribution in [1.82, 2.24) is 15.2 Å². The van der Waals surface area contributed by atoms with Crippen LogP contribution in [0.15, 0.2) is 16.9 Å². The van der Waals surface area contributed by atoms with Gasteiger partial charge in [-0.2, -0.15) is 0 Å². The van der Waals surface area contributed by atoms with Gasteiger partial charge in [-0.25, -0.2) is 0 Å². The fraction of sp³-hybridized carbons (Fsp3) is 0.500. The molecule has 1 aliphatic heterocycles. The Bertz CT molecular complexity index is 596. The van der Waals surface area contributed by atoms with Crippen LogP contribution in [0.25, 0.3) is 0 Å². The summed E-state index contributed by atoms with van der Waals surface area (Å²) >= 11 is 0. The Kier molecular flexibility index (Phi) is 4.74. The molecule has 0 spiro atoms. The number of carbonyl (C=O) groups excluding carboxylic acids is 2. The average molecular weight is 292 g/mol. The van der Waals surface area contributed by atoms with E-state index < -0.39 is 5.56 Å². The molecule has 114 valence electrons. The van der Waals surface area contributed by atoms with Gasteiger partial charge in [-0.05, 0) is 38.4 Å². The summed E-state index contributed by atoms with van der Waals surface area (Å²) in [6.45, 7) is 3.31. The van der Waals surface area contributed by atoms with Crippen LogP contribution < -0.4 is 16.6 Å². The molecule has 1 aromatic heterocycles. The van der Waals surface area contributed by atoms with Crippen LogP contribution >= 0.6 is 0 Å². The number of aromatic amines is 1. The van der Waals surface area contributed by atoms with Crippen LogP contribution in [0.2, 0.25) is 0 Å². The molecule has 4 N–H and O–H groups in total. The maximum atomic E-state index is 12.1. The van der Waals surface area contributed by atoms with Crippen molar-refractivity contribution < 1.29 is 9.59 Å². The van der Waals surface area contributed by atoms with Crippen molar-refractivity contribution in [3.63, 3.8) is 0 Å². The molecule has 0 bridgehead atoms. The number of piperidine rings is 1. The number of hydrogen-bond donors (Lipinski definition) is 3. The monoisotopic (exact) mass is 292 g/mol. The number of aromatic nitrogens is 1. The lowest BCUT2D eigenvalue weighted by atomic mass is 10.1. The van der Waals surface area contributed by atoms with Gasteiger partial charge in [-0.15, -0.1) is 0 Å². The largest absolute Gasteiger partial charge is 0.369 e. The van der Waals surface area contributed by atoms with Crippen molar-refractivity contribution >= 4 is 11.8 Å². The molecule has 1 aromatic rings. The first kappa shape index (κ1) is 15.2. The fourth-order valence-electron chi connectivity index (χ4n) is 2.55. The van der Waals surface area contributed by atoms with Crippen molar-refractivity contribution in [3.8, 4) is 0 Å². The van der Waals surface area contributed by atoms with Crippen LogP contribution in [0.5, 0.6) is 0 Å². The van der Waals surface area contributed by atoms with E-state index in [0.717, 1.165) is 19.4 Å². The maximum absolute atomic E-state index is 12.1. The van der Waals surface area contributed by atoms with Gasteiger partial charge < -0.3 is 16.0 Å². The maximum Gasteiger partial charge on any atom is 0.260 e. The van der Waals surface area contributed by atoms with Gasteiger partial charge in [0.2, 0.25) is 5.91 Å². The van der Waals surface area contributed by atoms with E-state index in [0.29, 0.717) is 12.2 Å². The van der Waals surface area contributed by atoms with E-state index >= 15 is 0 Å². The number of aryl methyl sites for hydroxylation is 1. The highest BCUT2D eigenvalue weighted by Gasteiger charge is 2.23. The molecule has 2 rings (SSSR count). The molecular formula is C14H20N4O3. The van der Waals surface area contributed by atoms with E-state index in [9.17, 15) is 14.4 Å². The van der Waals surface area contributed by atoms with E-state index in [1.165, 1.54) is 6.07 Å². The summed E-state index contributed by atoms with van der Waals surface area (Å²) in [6, 6.07) is 3.13. The van der Waals surface area contributed by atoms with Crippen molar-refractivity contribution in [1.29, 1.82) is 0 Å². The highest BCUT2D eigenvalue weighted by molar-refractivity contribution is 5.94. The summed E-state index contributed by atoms with van der Waals surface area (Å²) in [4.78, 5) is 39.3. The number of amides is 2. The smallest absolute Gasteiger partial charge is 0.260 e. The van der Waals surface area contributed by atoms with E-state index in [4.69, 9.17) is 5.73 Å². The number of primary amides is 1. The molecule has 1 saturated heterocycles. The molecule has 0 unspecified atom stereocenters. The van der Waals surface area contributed by atoms with Crippen LogP contribution in [0.3, 0.4) is 0 Å². The minimum atomic E-state index is -0.391. The van der Waals surface area contributed by atoms with Gasteiger partial charge in [-0.3, -0.25) is 19.3 Å². The molecule has 1 fully saturated rings. The molecule has 2 amide bonds. The first-order valence-corrected chi connectivity index (χ1v) is 6.97. The van der Waals surface area contributed by atoms with Crippen LogP contribution in [0.4, 0.5) is 0 Å². The lowest BCUT2D eigenvalue weighted by Gasteiger charge is -2.32. The Morgan fingerprint density at radius 2 is 2.24 bits per heavy atom. The zero-order valence-corrected chi connectivity index (χ0v) is 12.0. The molecule has 2 heterocycles. The predicted octanol–water partition coefficient (Wildman–Crippen LogP) is -0.637. The summed E-state index contributed by atoms with van der Waals surface area (Å²) < 4.78 is 0. The molecule has 0 saturated carbocycles. The number of nitrogens with zero attached hydrogens (tertiary/aromatic N) is 1. The third-order valence-electron chi connectivity index (χ3n) is 3.52. The highest BCUT2D eigenvalue weighted by atomic mass is 16.2. The number of pyridine rings is 1. The van der Waals surface area contributed by atoms with Gasteiger partial charge in [0.1, 0.15) is 5.56 Å². The van der Waals surface area contributed by atoms with Crippen LogP contribution in [0, 0.1) is 6.92 Å². The van der Waals surface area contributed by atoms with Crippen LogP contribution in [0.1, 0.15) is 28.9 Å². The highest BCUT2D eigenvalue weighted by Crippen LogP contribution is 2.10. The zero-order chi connectivity index (χ0) is 15.4. The number of likely N-dealkylation sites (tertiary alicyclic amines) is 1. The Morgan fingerprint density at radius 3 is 2.90 bits per heavy atom. The Hall–Kier alpha value is -2.15. The Morgan fingerprint density at radius 1 is 1.48 bits per heavy atom. The molecule has 0 radical (unpaired) electrons. The van der Waals surface area contributed by atoms with E-state index in [2.05, 4.69) is 10.3 Å². The Balaban J connectivity index is 1.99. The predicted molar refractivity (Wildman–Crippen MR) is 77.9 cm³/mol. The van der Waals surface area contributed by atoms with Crippen molar-refractivity contribution in [2.45, 2.75) is 25.8 Å². The van der Waals surface area contributed by atoms with Gasteiger partial charge in [0.15, 0.2) is 0 Å². The molecule has 1 atom stereocenters. The fourth-order valence-corrected chi connectivity index (χ4v) is 2.55. The second kappa shape index (κ2) is 6.53. The number of nitrogens with one attached hydrogen (secondary N) is 2. The molecule has 7 nitrogen and oxygen atoms in total. The number of nitrogens with two attached hydrogens (primary N) is 1. The lowest BCUT2D eigenvalue weighted by molar-refractivity contribution is -0.119. The van der Waals surface area contributed by atoms with Gasteiger partial charge >= 0.3 is 0 Å². The van der Waals surface area contributed by atoms with E-state index in [1.807, 2.05) is 4.90 Å². The number of rotatable bonds is 4. The number of H-pyrrole nitrogens is 1. The van der Waals surface area contributed by atoms with Crippen LogP contribution in [-0.4, -0.2) is 47.4 Å². The normalized spacial score (nSPS) is 19.2. The van der Waals surface area contributed by atoms with Gasteiger partial charge in [0.25, 0.3) is 11.5 Å². The topological polar surface area (TPSA) is 108 Å². The van der Waals surface area contributed by atoms with Crippen LogP contribution in [-0.2, 0) is 4.79 Å². The first-order chi connectivity index (χ1) is 9.95. The Labute approximate surface area is 122 Å². The summed E-state index contributed by atoms with van der Waals surface area (Å²) in [6.07, 6.45) is 1.70. The summed E-state index contributed by atoms with van der Waals surface area (Å²) in [5.74, 6) is -0.765. The van der Waals surface area contributed by atoms with Gasteiger partial charge in [0, 0.05) is 18.3 Å². The number of carbonyl (C=O) groups is 2. The first-order valence-electron chi connectivity index (χ1n) is 6.97. The average Bonchev–Trinajstić information content (AvgIpc) is 2.37. The molecule has 1 aliphatic rings.